The molecule has 0 radical (unpaired) electrons. The van der Waals surface area contributed by atoms with E-state index < -0.39 is 5.97 Å². The molecule has 2 aromatic heterocycles. The van der Waals surface area contributed by atoms with E-state index in [1.807, 2.05) is 35.4 Å². The van der Waals surface area contributed by atoms with Gasteiger partial charge in [-0.1, -0.05) is 24.3 Å². The van der Waals surface area contributed by atoms with Gasteiger partial charge in [0.25, 0.3) is 0 Å². The van der Waals surface area contributed by atoms with Crippen molar-refractivity contribution in [3.8, 4) is 0 Å². The maximum atomic E-state index is 12.9. The molecule has 1 aromatic carbocycles. The SMILES string of the molecule is O=C(O)CC(c1cnc2ccccc2c1)C1CCN(C(=O)CCCc2ccc3c(n2)CCCC3)CC1. The number of hydrogen-bond donors (Lipinski definition) is 1. The Labute approximate surface area is 212 Å². The van der Waals surface area contributed by atoms with Crippen molar-refractivity contribution in [2.45, 2.75) is 70.1 Å². The van der Waals surface area contributed by atoms with Gasteiger partial charge in [-0.25, -0.2) is 0 Å². The predicted octanol–water partition coefficient (Wildman–Crippen LogP) is 5.33. The molecule has 3 heterocycles. The lowest BCUT2D eigenvalue weighted by atomic mass is 9.78. The van der Waals surface area contributed by atoms with Crippen molar-refractivity contribution in [1.82, 2.24) is 14.9 Å². The molecule has 1 amide bonds. The Morgan fingerprint density at radius 1 is 1.06 bits per heavy atom. The first-order chi connectivity index (χ1) is 17.6. The Hall–Kier alpha value is -3.28. The number of nitrogens with zero attached hydrogens (tertiary/aromatic N) is 3. The Kier molecular flexibility index (Phi) is 7.59. The minimum atomic E-state index is -0.789. The number of likely N-dealkylation sites (tertiary alicyclic amines) is 1. The summed E-state index contributed by atoms with van der Waals surface area (Å²) >= 11 is 0. The molecule has 1 saturated heterocycles. The van der Waals surface area contributed by atoms with Crippen molar-refractivity contribution in [3.63, 3.8) is 0 Å². The molecule has 188 valence electrons. The van der Waals surface area contributed by atoms with E-state index >= 15 is 0 Å². The van der Waals surface area contributed by atoms with Gasteiger partial charge in [0.05, 0.1) is 11.9 Å². The Balaban J connectivity index is 1.15. The van der Waals surface area contributed by atoms with Gasteiger partial charge in [-0.05, 0) is 92.5 Å². The molecule has 1 unspecified atom stereocenters. The number of piperidine rings is 1. The summed E-state index contributed by atoms with van der Waals surface area (Å²) in [4.78, 5) is 36.0. The number of carbonyl (C=O) groups excluding carboxylic acids is 1. The minimum absolute atomic E-state index is 0.0897. The zero-order valence-electron chi connectivity index (χ0n) is 20.9. The molecule has 6 nitrogen and oxygen atoms in total. The number of pyridine rings is 2. The summed E-state index contributed by atoms with van der Waals surface area (Å²) in [6.45, 7) is 1.38. The largest absolute Gasteiger partial charge is 0.481 e. The van der Waals surface area contributed by atoms with Gasteiger partial charge < -0.3 is 10.0 Å². The zero-order chi connectivity index (χ0) is 24.9. The quantitative estimate of drug-likeness (QED) is 0.466. The highest BCUT2D eigenvalue weighted by atomic mass is 16.4. The lowest BCUT2D eigenvalue weighted by Gasteiger charge is -2.36. The smallest absolute Gasteiger partial charge is 0.303 e. The lowest BCUT2D eigenvalue weighted by molar-refractivity contribution is -0.138. The highest BCUT2D eigenvalue weighted by molar-refractivity contribution is 5.79. The molecule has 1 fully saturated rings. The van der Waals surface area contributed by atoms with Gasteiger partial charge >= 0.3 is 5.97 Å². The molecule has 6 heteroatoms. The van der Waals surface area contributed by atoms with Gasteiger partial charge in [-0.3, -0.25) is 19.6 Å². The Morgan fingerprint density at radius 2 is 1.86 bits per heavy atom. The van der Waals surface area contributed by atoms with Crippen LogP contribution in [-0.4, -0.2) is 44.9 Å². The van der Waals surface area contributed by atoms with Crippen LogP contribution in [0.4, 0.5) is 0 Å². The van der Waals surface area contributed by atoms with E-state index in [-0.39, 0.29) is 24.2 Å². The number of aromatic nitrogens is 2. The van der Waals surface area contributed by atoms with E-state index in [1.165, 1.54) is 24.1 Å². The minimum Gasteiger partial charge on any atom is -0.481 e. The third kappa shape index (κ3) is 5.75. The molecule has 0 saturated carbocycles. The molecular weight excluding hydrogens is 450 g/mol. The number of amides is 1. The molecule has 1 atom stereocenters. The Bertz CT molecular complexity index is 1230. The molecule has 3 aromatic rings. The standard InChI is InChI=1S/C30H35N3O3/c34-29(11-5-8-25-13-12-22-6-1-4-10-28(22)32-25)33-16-14-21(15-17-33)26(19-30(35)36)24-18-23-7-2-3-9-27(23)31-20-24/h2-3,7,9,12-13,18,20-21,26H,1,4-6,8,10-11,14-17,19H2,(H,35,36). The number of hydrogen-bond acceptors (Lipinski definition) is 4. The van der Waals surface area contributed by atoms with Gasteiger partial charge in [-0.15, -0.1) is 0 Å². The molecule has 36 heavy (non-hydrogen) atoms. The molecular formula is C30H35N3O3. The fraction of sp³-hybridized carbons (Fsp3) is 0.467. The second kappa shape index (κ2) is 11.2. The number of carboxylic acids is 1. The average Bonchev–Trinajstić information content (AvgIpc) is 2.91. The van der Waals surface area contributed by atoms with Crippen LogP contribution in [0.25, 0.3) is 10.9 Å². The third-order valence-electron chi connectivity index (χ3n) is 7.96. The average molecular weight is 486 g/mol. The van der Waals surface area contributed by atoms with Crippen LogP contribution in [0.2, 0.25) is 0 Å². The number of fused-ring (bicyclic) bond motifs is 2. The predicted molar refractivity (Wildman–Crippen MR) is 140 cm³/mol. The molecule has 5 rings (SSSR count). The summed E-state index contributed by atoms with van der Waals surface area (Å²) in [7, 11) is 0. The fourth-order valence-corrected chi connectivity index (χ4v) is 5.93. The number of benzene rings is 1. The van der Waals surface area contributed by atoms with Crippen LogP contribution in [-0.2, 0) is 28.9 Å². The van der Waals surface area contributed by atoms with E-state index in [0.717, 1.165) is 60.7 Å². The number of aryl methyl sites for hydroxylation is 3. The molecule has 1 N–H and O–H groups in total. The maximum absolute atomic E-state index is 12.9. The second-order valence-corrected chi connectivity index (χ2v) is 10.4. The van der Waals surface area contributed by atoms with E-state index in [4.69, 9.17) is 4.98 Å². The molecule has 1 aliphatic carbocycles. The van der Waals surface area contributed by atoms with Crippen molar-refractivity contribution in [3.05, 3.63) is 71.2 Å². The van der Waals surface area contributed by atoms with Crippen LogP contribution in [0.1, 0.15) is 73.4 Å². The van der Waals surface area contributed by atoms with Gasteiger partial charge in [0, 0.05) is 42.5 Å². The van der Waals surface area contributed by atoms with Crippen LogP contribution >= 0.6 is 0 Å². The van der Waals surface area contributed by atoms with Crippen LogP contribution in [0.5, 0.6) is 0 Å². The lowest BCUT2D eigenvalue weighted by Crippen LogP contribution is -2.40. The summed E-state index contributed by atoms with van der Waals surface area (Å²) in [5, 5.41) is 10.6. The number of carboxylic acid groups (broad SMARTS) is 1. The van der Waals surface area contributed by atoms with Crippen molar-refractivity contribution < 1.29 is 14.7 Å². The second-order valence-electron chi connectivity index (χ2n) is 10.4. The molecule has 1 aliphatic heterocycles. The molecule has 0 spiro atoms. The van der Waals surface area contributed by atoms with Crippen molar-refractivity contribution in [2.75, 3.05) is 13.1 Å². The summed E-state index contributed by atoms with van der Waals surface area (Å²) < 4.78 is 0. The Morgan fingerprint density at radius 3 is 2.69 bits per heavy atom. The van der Waals surface area contributed by atoms with Crippen LogP contribution in [0.3, 0.4) is 0 Å². The number of aliphatic carboxylic acids is 1. The first-order valence-corrected chi connectivity index (χ1v) is 13.4. The number of para-hydroxylation sites is 1. The summed E-state index contributed by atoms with van der Waals surface area (Å²) in [6, 6.07) is 14.4. The summed E-state index contributed by atoms with van der Waals surface area (Å²) in [5.74, 6) is -0.448. The van der Waals surface area contributed by atoms with Crippen molar-refractivity contribution >= 4 is 22.8 Å². The normalized spacial score (nSPS) is 17.1. The van der Waals surface area contributed by atoms with Crippen LogP contribution in [0, 0.1) is 5.92 Å². The van der Waals surface area contributed by atoms with Gasteiger partial charge in [-0.2, -0.15) is 0 Å². The summed E-state index contributed by atoms with van der Waals surface area (Å²) in [6.07, 6.45) is 10.5. The maximum Gasteiger partial charge on any atom is 0.303 e. The first-order valence-electron chi connectivity index (χ1n) is 13.4. The molecule has 2 aliphatic rings. The van der Waals surface area contributed by atoms with Crippen LogP contribution in [0.15, 0.2) is 48.7 Å². The highest BCUT2D eigenvalue weighted by Gasteiger charge is 2.31. The van der Waals surface area contributed by atoms with E-state index in [9.17, 15) is 14.7 Å². The van der Waals surface area contributed by atoms with Crippen molar-refractivity contribution in [2.24, 2.45) is 5.92 Å². The topological polar surface area (TPSA) is 83.4 Å². The van der Waals surface area contributed by atoms with E-state index in [0.29, 0.717) is 19.5 Å². The van der Waals surface area contributed by atoms with Crippen LogP contribution < -0.4 is 0 Å². The van der Waals surface area contributed by atoms with E-state index in [2.05, 4.69) is 23.2 Å². The zero-order valence-corrected chi connectivity index (χ0v) is 20.9. The number of rotatable bonds is 8. The number of carbonyl (C=O) groups is 2. The monoisotopic (exact) mass is 485 g/mol. The van der Waals surface area contributed by atoms with Gasteiger partial charge in [0.2, 0.25) is 5.91 Å². The van der Waals surface area contributed by atoms with E-state index in [1.54, 1.807) is 0 Å². The van der Waals surface area contributed by atoms with Crippen molar-refractivity contribution in [1.29, 1.82) is 0 Å². The highest BCUT2D eigenvalue weighted by Crippen LogP contribution is 2.36. The first kappa shape index (κ1) is 24.4. The fourth-order valence-electron chi connectivity index (χ4n) is 5.93. The molecule has 0 bridgehead atoms. The third-order valence-corrected chi connectivity index (χ3v) is 7.96. The van der Waals surface area contributed by atoms with Gasteiger partial charge in [0.15, 0.2) is 0 Å². The van der Waals surface area contributed by atoms with Gasteiger partial charge in [0.1, 0.15) is 0 Å². The summed E-state index contributed by atoms with van der Waals surface area (Å²) in [5.41, 5.74) is 5.65.